The highest BCUT2D eigenvalue weighted by atomic mass is 16.5. The lowest BCUT2D eigenvalue weighted by Gasteiger charge is -2.02. The lowest BCUT2D eigenvalue weighted by molar-refractivity contribution is 0.0527. The van der Waals surface area contributed by atoms with Crippen molar-refractivity contribution in [2.45, 2.75) is 6.92 Å². The van der Waals surface area contributed by atoms with Gasteiger partial charge in [0.15, 0.2) is 5.82 Å². The number of nitrogens with zero attached hydrogens (tertiary/aromatic N) is 7. The quantitative estimate of drug-likeness (QED) is 0.654. The second kappa shape index (κ2) is 5.43. The molecule has 3 aromatic heterocycles. The van der Waals surface area contributed by atoms with E-state index in [0.717, 1.165) is 0 Å². The molecule has 0 aromatic carbocycles. The van der Waals surface area contributed by atoms with Gasteiger partial charge < -0.3 is 4.74 Å². The molecule has 0 fully saturated rings. The lowest BCUT2D eigenvalue weighted by atomic mass is 10.2. The van der Waals surface area contributed by atoms with Gasteiger partial charge in [0.25, 0.3) is 0 Å². The van der Waals surface area contributed by atoms with Crippen LogP contribution in [0.4, 0.5) is 0 Å². The van der Waals surface area contributed by atoms with Gasteiger partial charge in [-0.15, -0.1) is 5.10 Å². The van der Waals surface area contributed by atoms with Crippen LogP contribution in [0.1, 0.15) is 17.3 Å². The zero-order valence-electron chi connectivity index (χ0n) is 12.5. The molecule has 0 spiro atoms. The summed E-state index contributed by atoms with van der Waals surface area (Å²) in [6.45, 7) is 2.05. The predicted molar refractivity (Wildman–Crippen MR) is 76.3 cm³/mol. The average molecular weight is 301 g/mol. The molecule has 3 heterocycles. The van der Waals surface area contributed by atoms with Crippen LogP contribution in [0.2, 0.25) is 0 Å². The van der Waals surface area contributed by atoms with E-state index in [2.05, 4.69) is 20.5 Å². The lowest BCUT2D eigenvalue weighted by Crippen LogP contribution is -2.06. The Kier molecular flexibility index (Phi) is 3.45. The molecule has 9 heteroatoms. The molecule has 3 rings (SSSR count). The van der Waals surface area contributed by atoms with Crippen molar-refractivity contribution in [2.75, 3.05) is 6.61 Å². The SMILES string of the molecule is CCOC(=O)c1cnn(C)c1-c1cn(-c2ccn(C)n2)nn1. The summed E-state index contributed by atoms with van der Waals surface area (Å²) in [7, 11) is 3.55. The number of hydrogen-bond donors (Lipinski definition) is 0. The highest BCUT2D eigenvalue weighted by Gasteiger charge is 2.21. The maximum absolute atomic E-state index is 12.0. The summed E-state index contributed by atoms with van der Waals surface area (Å²) in [5, 5.41) is 16.5. The van der Waals surface area contributed by atoms with E-state index in [9.17, 15) is 4.79 Å². The Bertz CT molecular complexity index is 814. The maximum atomic E-state index is 12.0. The van der Waals surface area contributed by atoms with Gasteiger partial charge in [0.05, 0.1) is 19.0 Å². The number of esters is 1. The third-order valence-corrected chi connectivity index (χ3v) is 3.10. The Labute approximate surface area is 126 Å². The van der Waals surface area contributed by atoms with Crippen LogP contribution in [0, 0.1) is 0 Å². The van der Waals surface area contributed by atoms with Crippen molar-refractivity contribution in [2.24, 2.45) is 14.1 Å². The van der Waals surface area contributed by atoms with Crippen LogP contribution in [0.25, 0.3) is 17.2 Å². The first kappa shape index (κ1) is 14.0. The van der Waals surface area contributed by atoms with Crippen molar-refractivity contribution in [3.63, 3.8) is 0 Å². The monoisotopic (exact) mass is 301 g/mol. The van der Waals surface area contributed by atoms with Gasteiger partial charge in [0, 0.05) is 26.4 Å². The highest BCUT2D eigenvalue weighted by molar-refractivity contribution is 5.95. The van der Waals surface area contributed by atoms with E-state index in [1.807, 2.05) is 19.3 Å². The summed E-state index contributed by atoms with van der Waals surface area (Å²) in [4.78, 5) is 12.0. The Morgan fingerprint density at radius 3 is 2.86 bits per heavy atom. The van der Waals surface area contributed by atoms with Crippen LogP contribution in [0.3, 0.4) is 0 Å². The van der Waals surface area contributed by atoms with Gasteiger partial charge in [0.2, 0.25) is 0 Å². The minimum Gasteiger partial charge on any atom is -0.462 e. The minimum absolute atomic E-state index is 0.299. The van der Waals surface area contributed by atoms with Crippen molar-refractivity contribution in [1.82, 2.24) is 34.6 Å². The Morgan fingerprint density at radius 2 is 2.18 bits per heavy atom. The van der Waals surface area contributed by atoms with E-state index in [1.165, 1.54) is 10.9 Å². The number of hydrogen-bond acceptors (Lipinski definition) is 6. The van der Waals surface area contributed by atoms with Crippen molar-refractivity contribution >= 4 is 5.97 Å². The second-order valence-electron chi connectivity index (χ2n) is 4.65. The van der Waals surface area contributed by atoms with Crippen LogP contribution in [0.15, 0.2) is 24.7 Å². The summed E-state index contributed by atoms with van der Waals surface area (Å²) in [6.07, 6.45) is 4.97. The fourth-order valence-corrected chi connectivity index (χ4v) is 2.11. The van der Waals surface area contributed by atoms with Crippen molar-refractivity contribution < 1.29 is 9.53 Å². The Balaban J connectivity index is 2.00. The molecule has 3 aromatic rings. The molecule has 0 unspecified atom stereocenters. The molecule has 22 heavy (non-hydrogen) atoms. The van der Waals surface area contributed by atoms with Gasteiger partial charge in [-0.3, -0.25) is 9.36 Å². The van der Waals surface area contributed by atoms with E-state index in [4.69, 9.17) is 4.74 Å². The van der Waals surface area contributed by atoms with Crippen LogP contribution in [-0.4, -0.2) is 47.1 Å². The fraction of sp³-hybridized carbons (Fsp3) is 0.308. The number of carbonyl (C=O) groups excluding carboxylic acids is 1. The molecule has 0 aliphatic rings. The Morgan fingerprint density at radius 1 is 1.36 bits per heavy atom. The third-order valence-electron chi connectivity index (χ3n) is 3.10. The number of carbonyl (C=O) groups is 1. The maximum Gasteiger partial charge on any atom is 0.342 e. The predicted octanol–water partition coefficient (Wildman–Crippen LogP) is 0.578. The molecule has 0 radical (unpaired) electrons. The van der Waals surface area contributed by atoms with Gasteiger partial charge in [-0.05, 0) is 6.92 Å². The molecular formula is C13H15N7O2. The molecule has 0 saturated carbocycles. The minimum atomic E-state index is -0.432. The fourth-order valence-electron chi connectivity index (χ4n) is 2.11. The summed E-state index contributed by atoms with van der Waals surface area (Å²) in [5.41, 5.74) is 1.44. The first-order valence-corrected chi connectivity index (χ1v) is 6.72. The molecule has 9 nitrogen and oxygen atoms in total. The molecule has 0 saturated heterocycles. The molecule has 0 N–H and O–H groups in total. The van der Waals surface area contributed by atoms with Crippen molar-refractivity contribution in [1.29, 1.82) is 0 Å². The van der Waals surface area contributed by atoms with Gasteiger partial charge in [-0.25, -0.2) is 4.79 Å². The van der Waals surface area contributed by atoms with E-state index >= 15 is 0 Å². The van der Waals surface area contributed by atoms with E-state index in [1.54, 1.807) is 29.5 Å². The number of rotatable bonds is 4. The molecule has 0 bridgehead atoms. The van der Waals surface area contributed by atoms with Crippen molar-refractivity contribution in [3.8, 4) is 17.2 Å². The molecule has 0 atom stereocenters. The number of ether oxygens (including phenoxy) is 1. The van der Waals surface area contributed by atoms with Crippen LogP contribution in [-0.2, 0) is 18.8 Å². The summed E-state index contributed by atoms with van der Waals surface area (Å²) in [5.74, 6) is 0.207. The third kappa shape index (κ3) is 2.36. The normalized spacial score (nSPS) is 10.9. The van der Waals surface area contributed by atoms with E-state index in [-0.39, 0.29) is 0 Å². The number of aromatic nitrogens is 7. The van der Waals surface area contributed by atoms with E-state index in [0.29, 0.717) is 29.4 Å². The number of aryl methyl sites for hydroxylation is 2. The van der Waals surface area contributed by atoms with Gasteiger partial charge in [0.1, 0.15) is 17.0 Å². The van der Waals surface area contributed by atoms with Crippen molar-refractivity contribution in [3.05, 3.63) is 30.2 Å². The molecule has 114 valence electrons. The summed E-state index contributed by atoms with van der Waals surface area (Å²) >= 11 is 0. The molecule has 0 aliphatic heterocycles. The average Bonchev–Trinajstić information content (AvgIpc) is 3.18. The first-order valence-electron chi connectivity index (χ1n) is 6.72. The zero-order chi connectivity index (χ0) is 15.7. The van der Waals surface area contributed by atoms with Gasteiger partial charge in [-0.2, -0.15) is 14.9 Å². The standard InChI is InChI=1S/C13H15N7O2/c1-4-22-13(21)9-7-14-19(3)12(9)10-8-20(17-15-10)11-5-6-18(2)16-11/h5-8H,4H2,1-3H3. The smallest absolute Gasteiger partial charge is 0.342 e. The first-order chi connectivity index (χ1) is 10.6. The van der Waals surface area contributed by atoms with Crippen LogP contribution in [0.5, 0.6) is 0 Å². The topological polar surface area (TPSA) is 92.7 Å². The summed E-state index contributed by atoms with van der Waals surface area (Å²) < 4.78 is 9.81. The van der Waals surface area contributed by atoms with Gasteiger partial charge in [-0.1, -0.05) is 5.21 Å². The molecular weight excluding hydrogens is 286 g/mol. The van der Waals surface area contributed by atoms with Crippen LogP contribution >= 0.6 is 0 Å². The van der Waals surface area contributed by atoms with Crippen LogP contribution < -0.4 is 0 Å². The summed E-state index contributed by atoms with van der Waals surface area (Å²) in [6, 6.07) is 1.81. The van der Waals surface area contributed by atoms with E-state index < -0.39 is 5.97 Å². The highest BCUT2D eigenvalue weighted by Crippen LogP contribution is 2.22. The van der Waals surface area contributed by atoms with Gasteiger partial charge >= 0.3 is 5.97 Å². The molecule has 0 amide bonds. The second-order valence-corrected chi connectivity index (χ2v) is 4.65. The zero-order valence-corrected chi connectivity index (χ0v) is 12.5. The molecule has 0 aliphatic carbocycles. The largest absolute Gasteiger partial charge is 0.462 e. The Hall–Kier alpha value is -2.97.